The Balaban J connectivity index is 2.39. The Kier molecular flexibility index (Phi) is 1.94. The first-order chi connectivity index (χ1) is 7.80. The van der Waals surface area contributed by atoms with Crippen molar-refractivity contribution < 1.29 is 0 Å². The summed E-state index contributed by atoms with van der Waals surface area (Å²) in [6, 6.07) is 3.97. The normalized spacial score (nSPS) is 10.4. The van der Waals surface area contributed by atoms with Crippen molar-refractivity contribution in [2.45, 2.75) is 0 Å². The number of terminal acetylenes is 2. The second-order valence-electron chi connectivity index (χ2n) is 3.11. The molecular weight excluding hydrogens is 236 g/mol. The number of hydrogen-bond acceptors (Lipinski definition) is 4. The van der Waals surface area contributed by atoms with Crippen LogP contribution in [-0.2, 0) is 0 Å². The summed E-state index contributed by atoms with van der Waals surface area (Å²) in [4.78, 5) is 8.65. The molecule has 0 aliphatic rings. The largest absolute Gasteiger partial charge is 0.228 e. The monoisotopic (exact) mass is 240 g/mol. The minimum Gasteiger partial charge on any atom is -0.228 e. The van der Waals surface area contributed by atoms with Gasteiger partial charge < -0.3 is 0 Å². The molecule has 2 aromatic heterocycles. The zero-order valence-electron chi connectivity index (χ0n) is 8.02. The van der Waals surface area contributed by atoms with Crippen LogP contribution >= 0.6 is 22.7 Å². The molecule has 0 spiro atoms. The molecule has 0 aliphatic heterocycles. The molecule has 2 heterocycles. The fourth-order valence-electron chi connectivity index (χ4n) is 1.47. The summed E-state index contributed by atoms with van der Waals surface area (Å²) in [5.41, 5.74) is 1.83. The van der Waals surface area contributed by atoms with E-state index in [0.29, 0.717) is 10.0 Å². The van der Waals surface area contributed by atoms with Crippen molar-refractivity contribution in [1.29, 1.82) is 0 Å². The molecule has 0 fully saturated rings. The van der Waals surface area contributed by atoms with Crippen LogP contribution in [0.3, 0.4) is 0 Å². The van der Waals surface area contributed by atoms with Gasteiger partial charge in [-0.15, -0.1) is 35.5 Å². The molecule has 0 aliphatic carbocycles. The molecule has 0 atom stereocenters. The molecule has 0 saturated heterocycles. The molecule has 0 radical (unpaired) electrons. The molecule has 0 unspecified atom stereocenters. The molecule has 0 bridgehead atoms. The second kappa shape index (κ2) is 3.31. The third-order valence-corrected chi connectivity index (χ3v) is 4.04. The van der Waals surface area contributed by atoms with Crippen molar-refractivity contribution in [3.05, 3.63) is 22.1 Å². The lowest BCUT2D eigenvalue weighted by Crippen LogP contribution is -1.71. The summed E-state index contributed by atoms with van der Waals surface area (Å²) in [5.74, 6) is 5.09. The summed E-state index contributed by atoms with van der Waals surface area (Å²) >= 11 is 2.99. The van der Waals surface area contributed by atoms with Crippen molar-refractivity contribution in [2.75, 3.05) is 0 Å². The summed E-state index contributed by atoms with van der Waals surface area (Å²) in [7, 11) is 0. The standard InChI is InChI=1S/C12H4N2S2/c1-3-11-13-7-5-10-8(6-9(7)15-11)14-12(4-2)16-10/h1-2,5-6H. The van der Waals surface area contributed by atoms with Gasteiger partial charge in [0.2, 0.25) is 0 Å². The highest BCUT2D eigenvalue weighted by Gasteiger charge is 2.07. The maximum atomic E-state index is 5.32. The number of hydrogen-bond donors (Lipinski definition) is 0. The van der Waals surface area contributed by atoms with E-state index in [0.717, 1.165) is 20.4 Å². The lowest BCUT2D eigenvalue weighted by atomic mass is 10.3. The third kappa shape index (κ3) is 1.29. The van der Waals surface area contributed by atoms with E-state index in [-0.39, 0.29) is 0 Å². The number of nitrogens with zero attached hydrogens (tertiary/aromatic N) is 2. The molecule has 4 heteroatoms. The molecular formula is C12H4N2S2. The lowest BCUT2D eigenvalue weighted by molar-refractivity contribution is 1.45. The number of fused-ring (bicyclic) bond motifs is 2. The van der Waals surface area contributed by atoms with E-state index in [1.807, 2.05) is 12.1 Å². The van der Waals surface area contributed by atoms with Crippen LogP contribution < -0.4 is 0 Å². The van der Waals surface area contributed by atoms with Gasteiger partial charge in [0, 0.05) is 0 Å². The van der Waals surface area contributed by atoms with Crippen LogP contribution in [0.5, 0.6) is 0 Å². The maximum absolute atomic E-state index is 5.32. The van der Waals surface area contributed by atoms with Crippen LogP contribution in [0.2, 0.25) is 0 Å². The number of thiazole rings is 2. The lowest BCUT2D eigenvalue weighted by Gasteiger charge is -1.86. The Bertz CT molecular complexity index is 666. The Morgan fingerprint density at radius 3 is 1.69 bits per heavy atom. The minimum absolute atomic E-state index is 0.699. The summed E-state index contributed by atoms with van der Waals surface area (Å²) in [5, 5.41) is 1.40. The van der Waals surface area contributed by atoms with Gasteiger partial charge in [0.25, 0.3) is 0 Å². The van der Waals surface area contributed by atoms with E-state index in [1.165, 1.54) is 22.7 Å². The van der Waals surface area contributed by atoms with Crippen LogP contribution in [-0.4, -0.2) is 9.97 Å². The summed E-state index contributed by atoms with van der Waals surface area (Å²) in [6.45, 7) is 0. The van der Waals surface area contributed by atoms with E-state index in [4.69, 9.17) is 12.8 Å². The quantitative estimate of drug-likeness (QED) is 0.565. The first kappa shape index (κ1) is 9.35. The van der Waals surface area contributed by atoms with Crippen LogP contribution in [0.4, 0.5) is 0 Å². The van der Waals surface area contributed by atoms with E-state index in [2.05, 4.69) is 21.8 Å². The zero-order chi connectivity index (χ0) is 11.1. The van der Waals surface area contributed by atoms with Crippen molar-refractivity contribution >= 4 is 43.1 Å². The minimum atomic E-state index is 0.699. The van der Waals surface area contributed by atoms with Gasteiger partial charge in [-0.1, -0.05) is 0 Å². The fourth-order valence-corrected chi connectivity index (χ4v) is 3.05. The third-order valence-electron chi connectivity index (χ3n) is 2.14. The maximum Gasteiger partial charge on any atom is 0.167 e. The molecule has 1 aromatic carbocycles. The molecule has 0 N–H and O–H groups in total. The Hall–Kier alpha value is -1.88. The van der Waals surface area contributed by atoms with E-state index < -0.39 is 0 Å². The van der Waals surface area contributed by atoms with Gasteiger partial charge in [0.05, 0.1) is 20.4 Å². The predicted molar refractivity (Wildman–Crippen MR) is 68.7 cm³/mol. The molecule has 2 nitrogen and oxygen atoms in total. The molecule has 16 heavy (non-hydrogen) atoms. The molecule has 3 aromatic rings. The van der Waals surface area contributed by atoms with Crippen LogP contribution in [0.25, 0.3) is 20.4 Å². The molecule has 3 rings (SSSR count). The topological polar surface area (TPSA) is 25.8 Å². The molecule has 74 valence electrons. The van der Waals surface area contributed by atoms with Crippen LogP contribution in [0, 0.1) is 24.7 Å². The van der Waals surface area contributed by atoms with Gasteiger partial charge in [-0.05, 0) is 24.0 Å². The Morgan fingerprint density at radius 1 is 0.875 bits per heavy atom. The number of benzene rings is 1. The summed E-state index contributed by atoms with van der Waals surface area (Å²) < 4.78 is 2.10. The first-order valence-electron chi connectivity index (χ1n) is 4.44. The van der Waals surface area contributed by atoms with Gasteiger partial charge in [0.1, 0.15) is 0 Å². The van der Waals surface area contributed by atoms with E-state index >= 15 is 0 Å². The average molecular weight is 240 g/mol. The van der Waals surface area contributed by atoms with Gasteiger partial charge in [-0.2, -0.15) is 0 Å². The van der Waals surface area contributed by atoms with Gasteiger partial charge >= 0.3 is 0 Å². The highest BCUT2D eigenvalue weighted by atomic mass is 32.1. The second-order valence-corrected chi connectivity index (χ2v) is 5.18. The van der Waals surface area contributed by atoms with Gasteiger partial charge in [0.15, 0.2) is 10.0 Å². The molecule has 0 amide bonds. The average Bonchev–Trinajstić information content (AvgIpc) is 2.86. The van der Waals surface area contributed by atoms with E-state index in [9.17, 15) is 0 Å². The van der Waals surface area contributed by atoms with Crippen molar-refractivity contribution in [3.8, 4) is 24.7 Å². The first-order valence-corrected chi connectivity index (χ1v) is 6.08. The Labute approximate surface area is 100.0 Å². The smallest absolute Gasteiger partial charge is 0.167 e. The highest BCUT2D eigenvalue weighted by molar-refractivity contribution is 7.20. The van der Waals surface area contributed by atoms with Gasteiger partial charge in [-0.3, -0.25) is 0 Å². The molecule has 0 saturated carbocycles. The zero-order valence-corrected chi connectivity index (χ0v) is 9.65. The van der Waals surface area contributed by atoms with Crippen molar-refractivity contribution in [3.63, 3.8) is 0 Å². The van der Waals surface area contributed by atoms with Gasteiger partial charge in [-0.25, -0.2) is 9.97 Å². The van der Waals surface area contributed by atoms with Crippen molar-refractivity contribution in [2.24, 2.45) is 0 Å². The summed E-state index contributed by atoms with van der Waals surface area (Å²) in [6.07, 6.45) is 10.6. The SMILES string of the molecule is C#Cc1nc2cc3sc(C#C)nc3cc2s1. The fraction of sp³-hybridized carbons (Fsp3) is 0. The highest BCUT2D eigenvalue weighted by Crippen LogP contribution is 2.29. The van der Waals surface area contributed by atoms with E-state index in [1.54, 1.807) is 0 Å². The number of rotatable bonds is 0. The van der Waals surface area contributed by atoms with Crippen molar-refractivity contribution in [1.82, 2.24) is 9.97 Å². The number of aromatic nitrogens is 2. The Morgan fingerprint density at radius 2 is 1.31 bits per heavy atom. The van der Waals surface area contributed by atoms with Crippen LogP contribution in [0.1, 0.15) is 10.0 Å². The van der Waals surface area contributed by atoms with Crippen LogP contribution in [0.15, 0.2) is 12.1 Å². The predicted octanol–water partition coefficient (Wildman–Crippen LogP) is 2.87.